The topological polar surface area (TPSA) is 65.8 Å². The molecule has 2 aromatic heterocycles. The van der Waals surface area contributed by atoms with Gasteiger partial charge in [0.1, 0.15) is 16.8 Å². The van der Waals surface area contributed by atoms with E-state index < -0.39 is 17.8 Å². The highest BCUT2D eigenvalue weighted by Gasteiger charge is 2.33. The number of nitriles is 1. The van der Waals surface area contributed by atoms with Crippen LogP contribution in [0.2, 0.25) is 0 Å². The van der Waals surface area contributed by atoms with Gasteiger partial charge in [-0.05, 0) is 30.5 Å². The van der Waals surface area contributed by atoms with E-state index in [1.165, 1.54) is 13.0 Å². The number of hydrogen-bond donors (Lipinski definition) is 1. The van der Waals surface area contributed by atoms with Crippen LogP contribution in [0.25, 0.3) is 0 Å². The van der Waals surface area contributed by atoms with Crippen LogP contribution in [-0.4, -0.2) is 10.9 Å². The first-order chi connectivity index (χ1) is 9.82. The number of pyridine rings is 1. The number of rotatable bonds is 2. The summed E-state index contributed by atoms with van der Waals surface area (Å²) in [6, 6.07) is 5.27. The number of nitrogens with one attached hydrogen (secondary N) is 1. The minimum atomic E-state index is -4.55. The largest absolute Gasteiger partial charge is 0.433 e. The Bertz CT molecular complexity index is 731. The summed E-state index contributed by atoms with van der Waals surface area (Å²) in [4.78, 5) is 15.4. The summed E-state index contributed by atoms with van der Waals surface area (Å²) in [5.74, 6) is -0.604. The first-order valence-corrected chi connectivity index (χ1v) is 6.54. The van der Waals surface area contributed by atoms with Crippen molar-refractivity contribution in [3.05, 3.63) is 46.1 Å². The van der Waals surface area contributed by atoms with Crippen molar-refractivity contribution in [3.63, 3.8) is 0 Å². The van der Waals surface area contributed by atoms with Crippen molar-refractivity contribution in [3.8, 4) is 6.07 Å². The van der Waals surface area contributed by atoms with Crippen molar-refractivity contribution in [1.82, 2.24) is 4.98 Å². The molecule has 0 aromatic carbocycles. The van der Waals surface area contributed by atoms with Crippen LogP contribution in [0.5, 0.6) is 0 Å². The van der Waals surface area contributed by atoms with Crippen molar-refractivity contribution in [2.75, 3.05) is 5.32 Å². The van der Waals surface area contributed by atoms with Gasteiger partial charge in [-0.15, -0.1) is 11.3 Å². The van der Waals surface area contributed by atoms with Gasteiger partial charge >= 0.3 is 6.18 Å². The van der Waals surface area contributed by atoms with E-state index in [2.05, 4.69) is 10.3 Å². The SMILES string of the molecule is Cc1nc(C(F)(F)F)ccc1C(=O)Nc1sccc1C#N. The molecule has 2 aromatic rings. The first-order valence-electron chi connectivity index (χ1n) is 5.66. The van der Waals surface area contributed by atoms with Gasteiger partial charge in [0.2, 0.25) is 0 Å². The summed E-state index contributed by atoms with van der Waals surface area (Å²) in [7, 11) is 0. The van der Waals surface area contributed by atoms with Crippen molar-refractivity contribution in [1.29, 1.82) is 5.26 Å². The number of thiophene rings is 1. The lowest BCUT2D eigenvalue weighted by Crippen LogP contribution is -2.16. The summed E-state index contributed by atoms with van der Waals surface area (Å²) in [5.41, 5.74) is -0.756. The van der Waals surface area contributed by atoms with E-state index in [-0.39, 0.29) is 11.3 Å². The highest BCUT2D eigenvalue weighted by atomic mass is 32.1. The normalized spacial score (nSPS) is 11.0. The second-order valence-corrected chi connectivity index (χ2v) is 4.97. The lowest BCUT2D eigenvalue weighted by molar-refractivity contribution is -0.141. The number of alkyl halides is 3. The van der Waals surface area contributed by atoms with Crippen LogP contribution < -0.4 is 5.32 Å². The zero-order valence-electron chi connectivity index (χ0n) is 10.7. The van der Waals surface area contributed by atoms with Crippen molar-refractivity contribution >= 4 is 22.2 Å². The molecule has 0 aliphatic rings. The monoisotopic (exact) mass is 311 g/mol. The third kappa shape index (κ3) is 3.20. The van der Waals surface area contributed by atoms with Crippen molar-refractivity contribution < 1.29 is 18.0 Å². The Hall–Kier alpha value is -2.40. The number of halogens is 3. The molecule has 0 atom stereocenters. The summed E-state index contributed by atoms with van der Waals surface area (Å²) in [6.07, 6.45) is -4.55. The number of hydrogen-bond acceptors (Lipinski definition) is 4. The molecule has 8 heteroatoms. The van der Waals surface area contributed by atoms with Crippen LogP contribution in [-0.2, 0) is 6.18 Å². The summed E-state index contributed by atoms with van der Waals surface area (Å²) in [5, 5.41) is 13.3. The number of aromatic nitrogens is 1. The summed E-state index contributed by atoms with van der Waals surface area (Å²) >= 11 is 1.16. The molecule has 2 rings (SSSR count). The third-order valence-electron chi connectivity index (χ3n) is 2.63. The van der Waals surface area contributed by atoms with E-state index in [1.807, 2.05) is 6.07 Å². The Morgan fingerprint density at radius 3 is 2.67 bits per heavy atom. The molecule has 0 saturated heterocycles. The van der Waals surface area contributed by atoms with Gasteiger partial charge in [0.25, 0.3) is 5.91 Å². The van der Waals surface area contributed by atoms with Crippen LogP contribution in [0.4, 0.5) is 18.2 Å². The predicted octanol–water partition coefficient (Wildman–Crippen LogP) is 3.59. The van der Waals surface area contributed by atoms with E-state index in [4.69, 9.17) is 5.26 Å². The molecule has 0 aliphatic carbocycles. The molecular formula is C13H8F3N3OS. The van der Waals surface area contributed by atoms with E-state index >= 15 is 0 Å². The molecule has 2 heterocycles. The average molecular weight is 311 g/mol. The molecule has 0 bridgehead atoms. The van der Waals surface area contributed by atoms with Crippen LogP contribution in [0, 0.1) is 18.3 Å². The maximum Gasteiger partial charge on any atom is 0.433 e. The van der Waals surface area contributed by atoms with E-state index in [9.17, 15) is 18.0 Å². The fraction of sp³-hybridized carbons (Fsp3) is 0.154. The third-order valence-corrected chi connectivity index (χ3v) is 3.46. The molecule has 1 N–H and O–H groups in total. The zero-order valence-corrected chi connectivity index (χ0v) is 11.5. The maximum atomic E-state index is 12.5. The molecule has 0 saturated carbocycles. The number of carbonyl (C=O) groups is 1. The fourth-order valence-corrected chi connectivity index (χ4v) is 2.36. The van der Waals surface area contributed by atoms with Gasteiger partial charge in [0.15, 0.2) is 0 Å². The molecule has 0 radical (unpaired) electrons. The Kier molecular flexibility index (Phi) is 3.95. The van der Waals surface area contributed by atoms with Gasteiger partial charge in [0.05, 0.1) is 16.8 Å². The molecule has 1 amide bonds. The Balaban J connectivity index is 2.27. The number of aryl methyl sites for hydroxylation is 1. The van der Waals surface area contributed by atoms with E-state index in [1.54, 1.807) is 5.38 Å². The standard InChI is InChI=1S/C13H8F3N3OS/c1-7-9(2-3-10(18-7)13(14,15)16)11(20)19-12-8(6-17)4-5-21-12/h2-5H,1H3,(H,19,20). The minimum Gasteiger partial charge on any atom is -0.312 e. The van der Waals surface area contributed by atoms with Gasteiger partial charge in [-0.25, -0.2) is 4.98 Å². The number of amides is 1. The number of anilines is 1. The quantitative estimate of drug-likeness (QED) is 0.921. The Labute approximate surface area is 121 Å². The van der Waals surface area contributed by atoms with Crippen LogP contribution in [0.15, 0.2) is 23.6 Å². The van der Waals surface area contributed by atoms with Gasteiger partial charge in [-0.1, -0.05) is 0 Å². The number of carbonyl (C=O) groups excluding carboxylic acids is 1. The lowest BCUT2D eigenvalue weighted by Gasteiger charge is -2.10. The molecule has 0 aliphatic heterocycles. The molecule has 108 valence electrons. The summed E-state index contributed by atoms with van der Waals surface area (Å²) < 4.78 is 37.5. The van der Waals surface area contributed by atoms with E-state index in [0.29, 0.717) is 10.6 Å². The molecule has 4 nitrogen and oxygen atoms in total. The van der Waals surface area contributed by atoms with Crippen LogP contribution >= 0.6 is 11.3 Å². The van der Waals surface area contributed by atoms with Gasteiger partial charge < -0.3 is 5.32 Å². The van der Waals surface area contributed by atoms with E-state index in [0.717, 1.165) is 23.5 Å². The average Bonchev–Trinajstić information content (AvgIpc) is 2.84. The van der Waals surface area contributed by atoms with Crippen LogP contribution in [0.3, 0.4) is 0 Å². The second-order valence-electron chi connectivity index (χ2n) is 4.06. The second kappa shape index (κ2) is 5.54. The van der Waals surface area contributed by atoms with Crippen molar-refractivity contribution in [2.24, 2.45) is 0 Å². The van der Waals surface area contributed by atoms with Gasteiger partial charge in [0, 0.05) is 0 Å². The van der Waals surface area contributed by atoms with Crippen molar-refractivity contribution in [2.45, 2.75) is 13.1 Å². The number of nitrogens with zero attached hydrogens (tertiary/aromatic N) is 2. The predicted molar refractivity (Wildman–Crippen MR) is 71.0 cm³/mol. The van der Waals surface area contributed by atoms with Gasteiger partial charge in [-0.2, -0.15) is 18.4 Å². The highest BCUT2D eigenvalue weighted by Crippen LogP contribution is 2.28. The first kappa shape index (κ1) is 15.0. The molecular weight excluding hydrogens is 303 g/mol. The van der Waals surface area contributed by atoms with Gasteiger partial charge in [-0.3, -0.25) is 4.79 Å². The lowest BCUT2D eigenvalue weighted by atomic mass is 10.1. The molecule has 21 heavy (non-hydrogen) atoms. The smallest absolute Gasteiger partial charge is 0.312 e. The Morgan fingerprint density at radius 2 is 2.10 bits per heavy atom. The molecule has 0 spiro atoms. The van der Waals surface area contributed by atoms with Crippen LogP contribution in [0.1, 0.15) is 27.3 Å². The molecule has 0 unspecified atom stereocenters. The minimum absolute atomic E-state index is 0.0280. The molecule has 0 fully saturated rings. The zero-order chi connectivity index (χ0) is 15.6. The Morgan fingerprint density at radius 1 is 1.38 bits per heavy atom. The maximum absolute atomic E-state index is 12.5. The highest BCUT2D eigenvalue weighted by molar-refractivity contribution is 7.14. The fourth-order valence-electron chi connectivity index (χ4n) is 1.62. The summed E-state index contributed by atoms with van der Waals surface area (Å²) in [6.45, 7) is 1.32.